The van der Waals surface area contributed by atoms with E-state index in [9.17, 15) is 0 Å². The third-order valence-electron chi connectivity index (χ3n) is 13.7. The summed E-state index contributed by atoms with van der Waals surface area (Å²) in [6, 6.07) is 79.4. The van der Waals surface area contributed by atoms with Crippen molar-refractivity contribution >= 4 is 27.8 Å². The van der Waals surface area contributed by atoms with E-state index < -0.39 is 5.41 Å². The quantitative estimate of drug-likeness (QED) is 0.148. The molecule has 1 saturated carbocycles. The van der Waals surface area contributed by atoms with Crippen molar-refractivity contribution in [2.75, 3.05) is 4.90 Å². The smallest absolute Gasteiger partial charge is 0.0714 e. The average molecular weight is 784 g/mol. The van der Waals surface area contributed by atoms with Gasteiger partial charge in [0.25, 0.3) is 0 Å². The van der Waals surface area contributed by atoms with E-state index in [1.165, 1.54) is 110 Å². The summed E-state index contributed by atoms with van der Waals surface area (Å²) in [5.74, 6) is 0.700. The van der Waals surface area contributed by atoms with E-state index in [1.807, 2.05) is 0 Å². The van der Waals surface area contributed by atoms with E-state index in [4.69, 9.17) is 0 Å². The lowest BCUT2D eigenvalue weighted by molar-refractivity contribution is 0.443. The van der Waals surface area contributed by atoms with Crippen LogP contribution >= 0.6 is 0 Å². The zero-order valence-electron chi connectivity index (χ0n) is 34.8. The second-order valence-electron chi connectivity index (χ2n) is 17.1. The Hall–Kier alpha value is -6.96. The van der Waals surface area contributed by atoms with Gasteiger partial charge >= 0.3 is 0 Å². The van der Waals surface area contributed by atoms with E-state index >= 15 is 0 Å². The van der Waals surface area contributed by atoms with Crippen molar-refractivity contribution in [2.24, 2.45) is 0 Å². The minimum Gasteiger partial charge on any atom is -0.310 e. The van der Waals surface area contributed by atoms with E-state index in [-0.39, 0.29) is 0 Å². The van der Waals surface area contributed by atoms with Gasteiger partial charge in [-0.1, -0.05) is 201 Å². The fraction of sp³-hybridized carbons (Fsp3) is 0.133. The molecule has 0 bridgehead atoms. The molecule has 2 aliphatic carbocycles. The van der Waals surface area contributed by atoms with Crippen LogP contribution in [-0.4, -0.2) is 0 Å². The molecule has 0 unspecified atom stereocenters. The molecule has 1 nitrogen and oxygen atoms in total. The minimum atomic E-state index is -0.514. The van der Waals surface area contributed by atoms with Crippen LogP contribution in [0.15, 0.2) is 212 Å². The Morgan fingerprint density at radius 1 is 0.443 bits per heavy atom. The van der Waals surface area contributed by atoms with Gasteiger partial charge in [-0.15, -0.1) is 0 Å². The Bertz CT molecular complexity index is 2940. The van der Waals surface area contributed by atoms with Crippen molar-refractivity contribution in [3.63, 3.8) is 0 Å². The number of anilines is 3. The van der Waals surface area contributed by atoms with Crippen molar-refractivity contribution in [2.45, 2.75) is 50.4 Å². The molecule has 9 aromatic rings. The third-order valence-corrected chi connectivity index (χ3v) is 13.7. The zero-order valence-corrected chi connectivity index (χ0v) is 34.8. The number of hydrogen-bond acceptors (Lipinski definition) is 1. The second-order valence-corrected chi connectivity index (χ2v) is 17.1. The van der Waals surface area contributed by atoms with Crippen molar-refractivity contribution in [1.82, 2.24) is 0 Å². The van der Waals surface area contributed by atoms with Crippen molar-refractivity contribution in [3.8, 4) is 33.4 Å². The van der Waals surface area contributed by atoms with Gasteiger partial charge in [0, 0.05) is 16.9 Å². The molecule has 61 heavy (non-hydrogen) atoms. The summed E-state index contributed by atoms with van der Waals surface area (Å²) in [6.07, 6.45) is 6.71. The predicted octanol–water partition coefficient (Wildman–Crippen LogP) is 16.4. The third kappa shape index (κ3) is 6.30. The van der Waals surface area contributed by atoms with Gasteiger partial charge in [-0.05, 0) is 128 Å². The van der Waals surface area contributed by atoms with Gasteiger partial charge in [-0.2, -0.15) is 0 Å². The first-order valence-corrected chi connectivity index (χ1v) is 22.1. The zero-order chi connectivity index (χ0) is 40.8. The summed E-state index contributed by atoms with van der Waals surface area (Å²) >= 11 is 0. The lowest BCUT2D eigenvalue weighted by Crippen LogP contribution is -2.28. The van der Waals surface area contributed by atoms with Gasteiger partial charge in [0.05, 0.1) is 11.1 Å². The highest BCUT2D eigenvalue weighted by atomic mass is 15.1. The van der Waals surface area contributed by atoms with Crippen LogP contribution in [0.2, 0.25) is 0 Å². The monoisotopic (exact) mass is 783 g/mol. The fourth-order valence-corrected chi connectivity index (χ4v) is 10.8. The van der Waals surface area contributed by atoms with E-state index in [0.717, 1.165) is 17.1 Å². The van der Waals surface area contributed by atoms with Gasteiger partial charge in [0.2, 0.25) is 0 Å². The van der Waals surface area contributed by atoms with Gasteiger partial charge in [0.15, 0.2) is 0 Å². The maximum Gasteiger partial charge on any atom is 0.0714 e. The highest BCUT2D eigenvalue weighted by Crippen LogP contribution is 2.58. The number of nitrogens with zero attached hydrogens (tertiary/aromatic N) is 1. The molecule has 0 spiro atoms. The molecule has 294 valence electrons. The van der Waals surface area contributed by atoms with Crippen LogP contribution in [0.1, 0.15) is 71.4 Å². The molecule has 0 heterocycles. The predicted molar refractivity (Wildman–Crippen MR) is 257 cm³/mol. The van der Waals surface area contributed by atoms with Crippen molar-refractivity contribution in [1.29, 1.82) is 0 Å². The Morgan fingerprint density at radius 3 is 1.74 bits per heavy atom. The van der Waals surface area contributed by atoms with Crippen LogP contribution in [0, 0.1) is 6.92 Å². The van der Waals surface area contributed by atoms with Gasteiger partial charge < -0.3 is 4.90 Å². The van der Waals surface area contributed by atoms with Crippen molar-refractivity contribution < 1.29 is 0 Å². The van der Waals surface area contributed by atoms with Crippen LogP contribution in [0.5, 0.6) is 0 Å². The van der Waals surface area contributed by atoms with Gasteiger partial charge in [-0.25, -0.2) is 0 Å². The number of aryl methyl sites for hydroxylation is 1. The SMILES string of the molecule is Cc1cccc2c1-c1ccc(N(c3ccc(-c4ccc(C5CCCCC5)cc4)cc3)c3ccc4ccccc4c3-c3ccccc3)cc1C2(c1ccccc1)c1ccccc1. The average Bonchev–Trinajstić information content (AvgIpc) is 3.64. The molecule has 0 atom stereocenters. The lowest BCUT2D eigenvalue weighted by atomic mass is 9.67. The first-order chi connectivity index (χ1) is 30.2. The summed E-state index contributed by atoms with van der Waals surface area (Å²) in [4.78, 5) is 2.50. The Balaban J connectivity index is 1.14. The first-order valence-electron chi connectivity index (χ1n) is 22.1. The highest BCUT2D eigenvalue weighted by molar-refractivity contribution is 6.05. The molecule has 1 heteroatoms. The minimum absolute atomic E-state index is 0.514. The topological polar surface area (TPSA) is 3.24 Å². The van der Waals surface area contributed by atoms with Gasteiger partial charge in [-0.3, -0.25) is 0 Å². The molecular weight excluding hydrogens is 735 g/mol. The number of rotatable bonds is 8. The molecule has 0 saturated heterocycles. The molecule has 0 aromatic heterocycles. The van der Waals surface area contributed by atoms with E-state index in [2.05, 4.69) is 224 Å². The molecule has 0 radical (unpaired) electrons. The molecule has 11 rings (SSSR count). The number of fused-ring (bicyclic) bond motifs is 4. The van der Waals surface area contributed by atoms with E-state index in [0.29, 0.717) is 5.92 Å². The number of hydrogen-bond donors (Lipinski definition) is 0. The summed E-state index contributed by atoms with van der Waals surface area (Å²) in [5, 5.41) is 2.46. The van der Waals surface area contributed by atoms with Crippen LogP contribution in [0.4, 0.5) is 17.1 Å². The fourth-order valence-electron chi connectivity index (χ4n) is 10.8. The molecular formula is C60H49N. The molecule has 1 fully saturated rings. The molecule has 2 aliphatic rings. The Kier molecular flexibility index (Phi) is 9.46. The molecule has 0 aliphatic heterocycles. The summed E-state index contributed by atoms with van der Waals surface area (Å²) in [7, 11) is 0. The molecule has 0 N–H and O–H groups in total. The van der Waals surface area contributed by atoms with Crippen LogP contribution in [0.25, 0.3) is 44.2 Å². The summed E-state index contributed by atoms with van der Waals surface area (Å²) < 4.78 is 0. The van der Waals surface area contributed by atoms with Gasteiger partial charge in [0.1, 0.15) is 0 Å². The van der Waals surface area contributed by atoms with Crippen molar-refractivity contribution in [3.05, 3.63) is 246 Å². The normalized spacial score (nSPS) is 14.4. The maximum atomic E-state index is 2.50. The number of benzene rings is 9. The Labute approximate surface area is 360 Å². The second kappa shape index (κ2) is 15.6. The molecule has 0 amide bonds. The van der Waals surface area contributed by atoms with Crippen LogP contribution in [-0.2, 0) is 5.41 Å². The maximum absolute atomic E-state index is 2.50. The first kappa shape index (κ1) is 37.1. The lowest BCUT2D eigenvalue weighted by Gasteiger charge is -2.35. The summed E-state index contributed by atoms with van der Waals surface area (Å²) in [6.45, 7) is 2.27. The summed E-state index contributed by atoms with van der Waals surface area (Å²) in [5.41, 5.74) is 18.3. The highest BCUT2D eigenvalue weighted by Gasteiger charge is 2.47. The van der Waals surface area contributed by atoms with Crippen LogP contribution in [0.3, 0.4) is 0 Å². The van der Waals surface area contributed by atoms with Crippen LogP contribution < -0.4 is 4.90 Å². The standard InChI is InChI=1S/C60H49N/c1-42-17-16-28-55-58(42)54-39-38-52(41-56(54)60(55,49-23-10-4-11-24-49)50-25-12-5-13-26-50)61(57-40-35-47-20-14-15-27-53(47)59(57)48-21-8-3-9-22-48)51-36-33-46(34-37-51)45-31-29-44(30-32-45)43-18-6-2-7-19-43/h3-5,8-17,20-41,43H,2,6-7,18-19H2,1H3. The van der Waals surface area contributed by atoms with E-state index in [1.54, 1.807) is 0 Å². The largest absolute Gasteiger partial charge is 0.310 e. The Morgan fingerprint density at radius 2 is 1.05 bits per heavy atom. The molecule has 9 aromatic carbocycles.